The van der Waals surface area contributed by atoms with E-state index in [1.54, 1.807) is 0 Å². The molecule has 0 radical (unpaired) electrons. The summed E-state index contributed by atoms with van der Waals surface area (Å²) in [5.74, 6) is 11.3. The van der Waals surface area contributed by atoms with Crippen molar-refractivity contribution in [2.75, 3.05) is 6.61 Å². The fraction of sp³-hybridized carbons (Fsp3) is 0.818. The van der Waals surface area contributed by atoms with Gasteiger partial charge in [0.25, 0.3) is 0 Å². The second-order valence-corrected chi connectivity index (χ2v) is 8.12. The summed E-state index contributed by atoms with van der Waals surface area (Å²) in [6.07, 6.45) is 8.26. The van der Waals surface area contributed by atoms with Crippen LogP contribution in [0.15, 0.2) is 0 Å². The molecule has 1 heterocycles. The van der Waals surface area contributed by atoms with Gasteiger partial charge in [0.05, 0.1) is 17.8 Å². The molecule has 0 N–H and O–H groups in total. The van der Waals surface area contributed by atoms with Gasteiger partial charge in [0.2, 0.25) is 0 Å². The molecule has 1 fully saturated rings. The lowest BCUT2D eigenvalue weighted by Crippen LogP contribution is -2.21. The number of rotatable bonds is 8. The maximum atomic E-state index is 6.05. The molecule has 0 aliphatic carbocycles. The van der Waals surface area contributed by atoms with Crippen molar-refractivity contribution in [1.82, 2.24) is 0 Å². The predicted octanol–water partition coefficient (Wildman–Crippen LogP) is 5.08. The van der Waals surface area contributed by atoms with E-state index in [-0.39, 0.29) is 17.8 Å². The molecule has 25 heavy (non-hydrogen) atoms. The van der Waals surface area contributed by atoms with E-state index in [0.717, 1.165) is 6.42 Å². The molecule has 3 heteroatoms. The van der Waals surface area contributed by atoms with Crippen LogP contribution in [0.1, 0.15) is 86.5 Å². The van der Waals surface area contributed by atoms with E-state index < -0.39 is 5.79 Å². The Hall–Kier alpha value is -1.00. The van der Waals surface area contributed by atoms with Crippen LogP contribution in [0.5, 0.6) is 0 Å². The highest BCUT2D eigenvalue weighted by molar-refractivity contribution is 5.26. The first-order chi connectivity index (χ1) is 11.7. The standard InChI is InChI=1S/C22H36O3/c1-7-8-9-10-13-16-19-20(25-22(5,6)24-19)17-14-11-12-15-18-23-21(2,3)4/h19-20H,7-10,13,16-18H2,1-6H3/t19-,20-/m1/s1. The van der Waals surface area contributed by atoms with Crippen molar-refractivity contribution in [2.45, 2.75) is 110 Å². The van der Waals surface area contributed by atoms with Gasteiger partial charge in [-0.3, -0.25) is 0 Å². The molecule has 0 amide bonds. The van der Waals surface area contributed by atoms with Crippen LogP contribution in [0.25, 0.3) is 0 Å². The Bertz CT molecular complexity index is 493. The highest BCUT2D eigenvalue weighted by Gasteiger charge is 2.40. The molecule has 0 unspecified atom stereocenters. The second kappa shape index (κ2) is 10.9. The van der Waals surface area contributed by atoms with Gasteiger partial charge in [-0.2, -0.15) is 0 Å². The van der Waals surface area contributed by atoms with Gasteiger partial charge in [-0.15, -0.1) is 0 Å². The molecule has 0 aromatic heterocycles. The Balaban J connectivity index is 2.38. The average molecular weight is 349 g/mol. The third-order valence-electron chi connectivity index (χ3n) is 4.00. The normalized spacial score (nSPS) is 22.0. The fourth-order valence-electron chi connectivity index (χ4n) is 2.80. The zero-order valence-corrected chi connectivity index (χ0v) is 17.0. The van der Waals surface area contributed by atoms with Crippen LogP contribution < -0.4 is 0 Å². The Kier molecular flexibility index (Phi) is 9.58. The summed E-state index contributed by atoms with van der Waals surface area (Å²) in [4.78, 5) is 0. The van der Waals surface area contributed by atoms with E-state index >= 15 is 0 Å². The molecule has 0 aromatic carbocycles. The first-order valence-electron chi connectivity index (χ1n) is 9.69. The molecule has 1 aliphatic rings. The Morgan fingerprint density at radius 1 is 0.920 bits per heavy atom. The van der Waals surface area contributed by atoms with Gasteiger partial charge >= 0.3 is 0 Å². The van der Waals surface area contributed by atoms with Crippen molar-refractivity contribution in [3.63, 3.8) is 0 Å². The SMILES string of the molecule is CCCCCCC[C@H]1OC(C)(C)O[C@@H]1CC#CC#CCOC(C)(C)C. The minimum absolute atomic E-state index is 0.0429. The number of hydrogen-bond acceptors (Lipinski definition) is 3. The molecular weight excluding hydrogens is 312 g/mol. The van der Waals surface area contributed by atoms with Crippen molar-refractivity contribution in [3.05, 3.63) is 0 Å². The quantitative estimate of drug-likeness (QED) is 0.452. The Labute approximate surface area is 155 Å². The third-order valence-corrected chi connectivity index (χ3v) is 4.00. The lowest BCUT2D eigenvalue weighted by atomic mass is 10.0. The van der Waals surface area contributed by atoms with Crippen LogP contribution >= 0.6 is 0 Å². The minimum atomic E-state index is -0.507. The van der Waals surface area contributed by atoms with Crippen LogP contribution in [-0.2, 0) is 14.2 Å². The summed E-state index contributed by atoms with van der Waals surface area (Å²) in [5, 5.41) is 0. The number of ether oxygens (including phenoxy) is 3. The summed E-state index contributed by atoms with van der Waals surface area (Å²) in [5.41, 5.74) is -0.160. The zero-order chi connectivity index (χ0) is 18.8. The summed E-state index contributed by atoms with van der Waals surface area (Å²) in [6.45, 7) is 12.7. The zero-order valence-electron chi connectivity index (χ0n) is 17.0. The van der Waals surface area contributed by atoms with E-state index in [0.29, 0.717) is 13.0 Å². The Morgan fingerprint density at radius 3 is 2.24 bits per heavy atom. The molecule has 0 bridgehead atoms. The fourth-order valence-corrected chi connectivity index (χ4v) is 2.80. The van der Waals surface area contributed by atoms with Gasteiger partial charge in [-0.1, -0.05) is 50.9 Å². The number of hydrogen-bond donors (Lipinski definition) is 0. The minimum Gasteiger partial charge on any atom is -0.363 e. The molecule has 2 atom stereocenters. The second-order valence-electron chi connectivity index (χ2n) is 8.12. The van der Waals surface area contributed by atoms with E-state index in [1.165, 1.54) is 32.1 Å². The molecule has 1 saturated heterocycles. The largest absolute Gasteiger partial charge is 0.363 e. The smallest absolute Gasteiger partial charge is 0.163 e. The van der Waals surface area contributed by atoms with Gasteiger partial charge in [0.15, 0.2) is 5.79 Å². The predicted molar refractivity (Wildman–Crippen MR) is 103 cm³/mol. The van der Waals surface area contributed by atoms with E-state index in [2.05, 4.69) is 30.6 Å². The van der Waals surface area contributed by atoms with E-state index in [1.807, 2.05) is 34.6 Å². The van der Waals surface area contributed by atoms with Crippen molar-refractivity contribution in [2.24, 2.45) is 0 Å². The molecular formula is C22H36O3. The summed E-state index contributed by atoms with van der Waals surface area (Å²) >= 11 is 0. The maximum absolute atomic E-state index is 6.05. The van der Waals surface area contributed by atoms with Gasteiger partial charge in [0, 0.05) is 6.42 Å². The van der Waals surface area contributed by atoms with E-state index in [9.17, 15) is 0 Å². The topological polar surface area (TPSA) is 27.7 Å². The van der Waals surface area contributed by atoms with Gasteiger partial charge in [0.1, 0.15) is 6.61 Å². The molecule has 142 valence electrons. The van der Waals surface area contributed by atoms with Crippen LogP contribution in [-0.4, -0.2) is 30.2 Å². The molecule has 3 nitrogen and oxygen atoms in total. The van der Waals surface area contributed by atoms with E-state index in [4.69, 9.17) is 14.2 Å². The summed E-state index contributed by atoms with van der Waals surface area (Å²) in [7, 11) is 0. The van der Waals surface area contributed by atoms with Crippen molar-refractivity contribution >= 4 is 0 Å². The third kappa shape index (κ3) is 10.6. The van der Waals surface area contributed by atoms with Gasteiger partial charge in [-0.25, -0.2) is 0 Å². The van der Waals surface area contributed by atoms with Crippen LogP contribution in [0.4, 0.5) is 0 Å². The lowest BCUT2D eigenvalue weighted by molar-refractivity contribution is -0.146. The molecule has 0 spiro atoms. The first-order valence-corrected chi connectivity index (χ1v) is 9.69. The van der Waals surface area contributed by atoms with Crippen LogP contribution in [0.2, 0.25) is 0 Å². The first kappa shape index (κ1) is 22.0. The highest BCUT2D eigenvalue weighted by atomic mass is 16.7. The van der Waals surface area contributed by atoms with Crippen molar-refractivity contribution < 1.29 is 14.2 Å². The van der Waals surface area contributed by atoms with Gasteiger partial charge < -0.3 is 14.2 Å². The number of unbranched alkanes of at least 4 members (excludes halogenated alkanes) is 4. The molecule has 1 rings (SSSR count). The molecule has 0 aromatic rings. The maximum Gasteiger partial charge on any atom is 0.163 e. The summed E-state index contributed by atoms with van der Waals surface area (Å²) < 4.78 is 17.6. The van der Waals surface area contributed by atoms with Crippen molar-refractivity contribution in [3.8, 4) is 23.7 Å². The van der Waals surface area contributed by atoms with Crippen molar-refractivity contribution in [1.29, 1.82) is 0 Å². The monoisotopic (exact) mass is 348 g/mol. The Morgan fingerprint density at radius 2 is 1.56 bits per heavy atom. The molecule has 1 aliphatic heterocycles. The lowest BCUT2D eigenvalue weighted by Gasteiger charge is -2.16. The van der Waals surface area contributed by atoms with Crippen LogP contribution in [0, 0.1) is 23.7 Å². The highest BCUT2D eigenvalue weighted by Crippen LogP contribution is 2.32. The van der Waals surface area contributed by atoms with Gasteiger partial charge in [-0.05, 0) is 52.9 Å². The molecule has 0 saturated carbocycles. The van der Waals surface area contributed by atoms with Crippen LogP contribution in [0.3, 0.4) is 0 Å². The summed E-state index contributed by atoms with van der Waals surface area (Å²) in [6, 6.07) is 0. The average Bonchev–Trinajstić information content (AvgIpc) is 2.79.